The lowest BCUT2D eigenvalue weighted by atomic mass is 10.1. The Balaban J connectivity index is 2.07. The maximum Gasteiger partial charge on any atom is 0.339 e. The second kappa shape index (κ2) is 5.48. The Morgan fingerprint density at radius 1 is 1.38 bits per heavy atom. The summed E-state index contributed by atoms with van der Waals surface area (Å²) < 4.78 is 15.0. The van der Waals surface area contributed by atoms with E-state index in [4.69, 9.17) is 11.6 Å². The average Bonchev–Trinajstić information content (AvgIpc) is 3.09. The third-order valence-electron chi connectivity index (χ3n) is 3.85. The zero-order valence-corrected chi connectivity index (χ0v) is 12.0. The topological polar surface area (TPSA) is 55.1 Å². The van der Waals surface area contributed by atoms with Crippen molar-refractivity contribution in [1.82, 2.24) is 9.78 Å². The van der Waals surface area contributed by atoms with Crippen molar-refractivity contribution in [3.63, 3.8) is 0 Å². The first-order valence-corrected chi connectivity index (χ1v) is 7.22. The van der Waals surface area contributed by atoms with Crippen molar-refractivity contribution in [1.29, 1.82) is 0 Å². The van der Waals surface area contributed by atoms with Crippen molar-refractivity contribution in [3.05, 3.63) is 40.8 Å². The first-order valence-electron chi connectivity index (χ1n) is 6.84. The molecule has 1 heterocycles. The molecule has 0 spiro atoms. The van der Waals surface area contributed by atoms with Crippen molar-refractivity contribution in [2.45, 2.75) is 31.7 Å². The van der Waals surface area contributed by atoms with E-state index in [0.717, 1.165) is 25.7 Å². The van der Waals surface area contributed by atoms with Gasteiger partial charge in [-0.2, -0.15) is 5.10 Å². The van der Waals surface area contributed by atoms with E-state index in [1.165, 1.54) is 18.2 Å². The molecular formula is C15H14ClFN2O2. The summed E-state index contributed by atoms with van der Waals surface area (Å²) in [6.07, 6.45) is 5.83. The number of benzene rings is 1. The lowest BCUT2D eigenvalue weighted by Gasteiger charge is -2.08. The van der Waals surface area contributed by atoms with Crippen LogP contribution in [0.25, 0.3) is 11.3 Å². The van der Waals surface area contributed by atoms with Gasteiger partial charge in [0.2, 0.25) is 0 Å². The molecule has 0 unspecified atom stereocenters. The minimum absolute atomic E-state index is 0.0424. The molecule has 1 saturated carbocycles. The van der Waals surface area contributed by atoms with Gasteiger partial charge in [0, 0.05) is 11.8 Å². The molecule has 0 bridgehead atoms. The molecule has 1 aliphatic carbocycles. The number of hydrogen-bond acceptors (Lipinski definition) is 2. The Kier molecular flexibility index (Phi) is 3.68. The Morgan fingerprint density at radius 3 is 2.71 bits per heavy atom. The van der Waals surface area contributed by atoms with Gasteiger partial charge in [0.1, 0.15) is 17.1 Å². The van der Waals surface area contributed by atoms with Crippen LogP contribution in [0.3, 0.4) is 0 Å². The van der Waals surface area contributed by atoms with E-state index < -0.39 is 11.8 Å². The fraction of sp³-hybridized carbons (Fsp3) is 0.333. The maximum absolute atomic E-state index is 13.3. The van der Waals surface area contributed by atoms with Gasteiger partial charge in [-0.3, -0.25) is 4.68 Å². The van der Waals surface area contributed by atoms with E-state index in [0.29, 0.717) is 11.3 Å². The van der Waals surface area contributed by atoms with Crippen molar-refractivity contribution in [2.75, 3.05) is 0 Å². The van der Waals surface area contributed by atoms with Crippen LogP contribution in [-0.4, -0.2) is 20.9 Å². The minimum Gasteiger partial charge on any atom is -0.478 e. The molecule has 1 N–H and O–H groups in total. The van der Waals surface area contributed by atoms with Crippen LogP contribution >= 0.6 is 11.6 Å². The molecule has 0 amide bonds. The van der Waals surface area contributed by atoms with Crippen LogP contribution in [0.2, 0.25) is 5.02 Å². The molecule has 1 fully saturated rings. The monoisotopic (exact) mass is 308 g/mol. The molecule has 110 valence electrons. The molecule has 21 heavy (non-hydrogen) atoms. The van der Waals surface area contributed by atoms with E-state index >= 15 is 0 Å². The Hall–Kier alpha value is -1.88. The van der Waals surface area contributed by atoms with Crippen LogP contribution in [0.5, 0.6) is 0 Å². The fourth-order valence-electron chi connectivity index (χ4n) is 2.76. The van der Waals surface area contributed by atoms with Gasteiger partial charge >= 0.3 is 5.97 Å². The average molecular weight is 309 g/mol. The van der Waals surface area contributed by atoms with Crippen LogP contribution in [0, 0.1) is 5.82 Å². The first-order chi connectivity index (χ1) is 10.1. The summed E-state index contributed by atoms with van der Waals surface area (Å²) in [6, 6.07) is 4.37. The lowest BCUT2D eigenvalue weighted by Crippen LogP contribution is -2.05. The second-order valence-electron chi connectivity index (χ2n) is 5.24. The molecule has 3 rings (SSSR count). The molecule has 1 aliphatic rings. The van der Waals surface area contributed by atoms with Crippen LogP contribution in [0.15, 0.2) is 24.4 Å². The molecule has 2 aromatic rings. The Labute approximate surface area is 126 Å². The zero-order chi connectivity index (χ0) is 15.0. The number of aromatic nitrogens is 2. The predicted octanol–water partition coefficient (Wildman–Crippen LogP) is 4.16. The van der Waals surface area contributed by atoms with Crippen molar-refractivity contribution >= 4 is 17.6 Å². The van der Waals surface area contributed by atoms with E-state index in [-0.39, 0.29) is 16.6 Å². The number of nitrogens with zero attached hydrogens (tertiary/aromatic N) is 2. The van der Waals surface area contributed by atoms with Gasteiger partial charge in [0.05, 0.1) is 11.1 Å². The Morgan fingerprint density at radius 2 is 2.10 bits per heavy atom. The molecule has 1 aromatic heterocycles. The number of aromatic carboxylic acids is 1. The van der Waals surface area contributed by atoms with E-state index in [9.17, 15) is 14.3 Å². The number of carboxylic acid groups (broad SMARTS) is 1. The van der Waals surface area contributed by atoms with Crippen molar-refractivity contribution in [2.24, 2.45) is 0 Å². The largest absolute Gasteiger partial charge is 0.478 e. The molecular weight excluding hydrogens is 295 g/mol. The van der Waals surface area contributed by atoms with Crippen molar-refractivity contribution < 1.29 is 14.3 Å². The summed E-state index contributed by atoms with van der Waals surface area (Å²) in [6.45, 7) is 0. The van der Waals surface area contributed by atoms with Crippen LogP contribution in [0.4, 0.5) is 4.39 Å². The summed E-state index contributed by atoms with van der Waals surface area (Å²) in [5.41, 5.74) is 0.955. The SMILES string of the molecule is O=C(O)c1cn(C2CCCC2)nc1-c1ccc(F)c(Cl)c1. The third kappa shape index (κ3) is 2.65. The van der Waals surface area contributed by atoms with Gasteiger partial charge in [-0.1, -0.05) is 24.4 Å². The Bertz CT molecular complexity index is 693. The smallest absolute Gasteiger partial charge is 0.339 e. The summed E-state index contributed by atoms with van der Waals surface area (Å²) in [4.78, 5) is 11.4. The zero-order valence-electron chi connectivity index (χ0n) is 11.2. The minimum atomic E-state index is -1.05. The first kappa shape index (κ1) is 14.1. The van der Waals surface area contributed by atoms with Crippen LogP contribution in [-0.2, 0) is 0 Å². The molecule has 0 saturated heterocycles. The fourth-order valence-corrected chi connectivity index (χ4v) is 2.94. The molecule has 0 atom stereocenters. The van der Waals surface area contributed by atoms with E-state index in [1.807, 2.05) is 0 Å². The van der Waals surface area contributed by atoms with Gasteiger partial charge in [-0.25, -0.2) is 9.18 Å². The summed E-state index contributed by atoms with van der Waals surface area (Å²) >= 11 is 5.77. The second-order valence-corrected chi connectivity index (χ2v) is 5.65. The third-order valence-corrected chi connectivity index (χ3v) is 4.14. The number of carboxylic acids is 1. The predicted molar refractivity (Wildman–Crippen MR) is 77.1 cm³/mol. The number of rotatable bonds is 3. The van der Waals surface area contributed by atoms with E-state index in [2.05, 4.69) is 5.10 Å². The molecule has 4 nitrogen and oxygen atoms in total. The van der Waals surface area contributed by atoms with Gasteiger partial charge in [0.15, 0.2) is 0 Å². The quantitative estimate of drug-likeness (QED) is 0.926. The maximum atomic E-state index is 13.3. The standard InChI is InChI=1S/C15H14ClFN2O2/c16-12-7-9(5-6-13(12)17)14-11(15(20)21)8-19(18-14)10-3-1-2-4-10/h5-8,10H,1-4H2,(H,20,21). The highest BCUT2D eigenvalue weighted by Gasteiger charge is 2.23. The summed E-state index contributed by atoms with van der Waals surface area (Å²) in [5, 5.41) is 13.7. The summed E-state index contributed by atoms with van der Waals surface area (Å²) in [7, 11) is 0. The van der Waals surface area contributed by atoms with Gasteiger partial charge in [-0.15, -0.1) is 0 Å². The molecule has 0 aliphatic heterocycles. The molecule has 0 radical (unpaired) electrons. The highest BCUT2D eigenvalue weighted by molar-refractivity contribution is 6.31. The highest BCUT2D eigenvalue weighted by atomic mass is 35.5. The summed E-state index contributed by atoms with van der Waals surface area (Å²) in [5.74, 6) is -1.58. The number of halogens is 2. The van der Waals surface area contributed by atoms with Crippen LogP contribution < -0.4 is 0 Å². The molecule has 6 heteroatoms. The highest BCUT2D eigenvalue weighted by Crippen LogP contribution is 2.32. The normalized spacial score (nSPS) is 15.5. The van der Waals surface area contributed by atoms with Gasteiger partial charge in [-0.05, 0) is 31.0 Å². The number of carbonyl (C=O) groups is 1. The van der Waals surface area contributed by atoms with Crippen molar-refractivity contribution in [3.8, 4) is 11.3 Å². The van der Waals surface area contributed by atoms with Crippen LogP contribution in [0.1, 0.15) is 42.1 Å². The van der Waals surface area contributed by atoms with Gasteiger partial charge in [0.25, 0.3) is 0 Å². The van der Waals surface area contributed by atoms with E-state index in [1.54, 1.807) is 10.9 Å². The lowest BCUT2D eigenvalue weighted by molar-refractivity contribution is 0.0697. The van der Waals surface area contributed by atoms with Gasteiger partial charge < -0.3 is 5.11 Å². The molecule has 1 aromatic carbocycles. The number of hydrogen-bond donors (Lipinski definition) is 1.